The molecule has 0 saturated heterocycles. The molecule has 1 aliphatic heterocycles. The lowest BCUT2D eigenvalue weighted by atomic mass is 9.87. The van der Waals surface area contributed by atoms with Crippen LogP contribution < -0.4 is 4.90 Å². The number of hydrogen-bond acceptors (Lipinski definition) is 1. The second-order valence-electron chi connectivity index (χ2n) is 9.10. The first-order valence-corrected chi connectivity index (χ1v) is 9.24. The molecule has 0 N–H and O–H groups in total. The first kappa shape index (κ1) is 17.7. The summed E-state index contributed by atoms with van der Waals surface area (Å²) in [5.74, 6) is 0. The predicted octanol–water partition coefficient (Wildman–Crippen LogP) is 5.47. The Morgan fingerprint density at radius 2 is 1.20 bits per heavy atom. The fourth-order valence-electron chi connectivity index (χ4n) is 3.20. The summed E-state index contributed by atoms with van der Waals surface area (Å²) in [7, 11) is 0. The van der Waals surface area contributed by atoms with Crippen molar-refractivity contribution in [1.82, 2.24) is 0 Å². The molecule has 0 aromatic heterocycles. The summed E-state index contributed by atoms with van der Waals surface area (Å²) in [5, 5.41) is 0. The van der Waals surface area contributed by atoms with E-state index < -0.39 is 0 Å². The van der Waals surface area contributed by atoms with Gasteiger partial charge in [-0.1, -0.05) is 65.8 Å². The normalized spacial score (nSPS) is 15.4. The van der Waals surface area contributed by atoms with Crippen LogP contribution in [-0.4, -0.2) is 24.0 Å². The van der Waals surface area contributed by atoms with Gasteiger partial charge in [0.15, 0.2) is 0 Å². The lowest BCUT2D eigenvalue weighted by molar-refractivity contribution is -0.424. The minimum absolute atomic E-state index is 0.202. The van der Waals surface area contributed by atoms with Crippen LogP contribution in [0.15, 0.2) is 48.5 Å². The molecule has 2 aromatic carbocycles. The number of anilines is 1. The molecule has 132 valence electrons. The molecule has 2 nitrogen and oxygen atoms in total. The zero-order valence-corrected chi connectivity index (χ0v) is 16.5. The quantitative estimate of drug-likeness (QED) is 0.659. The van der Waals surface area contributed by atoms with Crippen molar-refractivity contribution in [3.63, 3.8) is 0 Å². The molecule has 0 atom stereocenters. The molecule has 0 amide bonds. The molecular formula is C23H31N2+. The fraction of sp³-hybridized carbons (Fsp3) is 0.435. The second-order valence-corrected chi connectivity index (χ2v) is 9.10. The molecule has 25 heavy (non-hydrogen) atoms. The highest BCUT2D eigenvalue weighted by atomic mass is 15.3. The highest BCUT2D eigenvalue weighted by Crippen LogP contribution is 2.27. The van der Waals surface area contributed by atoms with Crippen LogP contribution in [0.2, 0.25) is 0 Å². The highest BCUT2D eigenvalue weighted by Gasteiger charge is 2.23. The van der Waals surface area contributed by atoms with Gasteiger partial charge in [0.05, 0.1) is 0 Å². The van der Waals surface area contributed by atoms with Crippen molar-refractivity contribution < 1.29 is 4.58 Å². The lowest BCUT2D eigenvalue weighted by Crippen LogP contribution is -2.18. The molecule has 0 bridgehead atoms. The molecule has 0 spiro atoms. The van der Waals surface area contributed by atoms with Crippen LogP contribution in [0.5, 0.6) is 0 Å². The van der Waals surface area contributed by atoms with Gasteiger partial charge in [-0.15, -0.1) is 0 Å². The van der Waals surface area contributed by atoms with Gasteiger partial charge >= 0.3 is 0 Å². The first-order chi connectivity index (χ1) is 11.6. The SMILES string of the molecule is CC(C)(C)c1ccc(N2C=[N+](c3ccc(C(C)(C)C)cc3)CC2)cc1. The third kappa shape index (κ3) is 3.95. The molecule has 0 aliphatic carbocycles. The van der Waals surface area contributed by atoms with Gasteiger partial charge in [0.1, 0.15) is 24.5 Å². The Bertz CT molecular complexity index is 754. The second kappa shape index (κ2) is 6.33. The topological polar surface area (TPSA) is 6.25 Å². The van der Waals surface area contributed by atoms with Crippen molar-refractivity contribution in [2.24, 2.45) is 0 Å². The third-order valence-electron chi connectivity index (χ3n) is 4.99. The molecule has 1 heterocycles. The Labute approximate surface area is 152 Å². The number of rotatable bonds is 2. The van der Waals surface area contributed by atoms with Crippen LogP contribution in [0.3, 0.4) is 0 Å². The van der Waals surface area contributed by atoms with Gasteiger partial charge in [0.2, 0.25) is 6.34 Å². The van der Waals surface area contributed by atoms with Crippen LogP contribution in [-0.2, 0) is 10.8 Å². The van der Waals surface area contributed by atoms with Gasteiger partial charge in [0.25, 0.3) is 0 Å². The molecule has 1 aliphatic rings. The fourth-order valence-corrected chi connectivity index (χ4v) is 3.20. The lowest BCUT2D eigenvalue weighted by Gasteiger charge is -2.19. The number of nitrogens with zero attached hydrogens (tertiary/aromatic N) is 2. The van der Waals surface area contributed by atoms with E-state index in [0.717, 1.165) is 13.1 Å². The van der Waals surface area contributed by atoms with E-state index in [-0.39, 0.29) is 10.8 Å². The van der Waals surface area contributed by atoms with E-state index in [0.29, 0.717) is 0 Å². The van der Waals surface area contributed by atoms with Gasteiger partial charge in [-0.05, 0) is 46.2 Å². The van der Waals surface area contributed by atoms with Gasteiger partial charge in [-0.2, -0.15) is 0 Å². The predicted molar refractivity (Wildman–Crippen MR) is 108 cm³/mol. The molecule has 0 fully saturated rings. The summed E-state index contributed by atoms with van der Waals surface area (Å²) >= 11 is 0. The van der Waals surface area contributed by atoms with E-state index in [4.69, 9.17) is 0 Å². The standard InChI is InChI=1S/C23H31N2/c1-22(2,3)18-7-11-20(12-8-18)24-15-16-25(17-24)21-13-9-19(10-14-21)23(4,5)6/h7-14,17H,15-16H2,1-6H3/q+1. The van der Waals surface area contributed by atoms with Crippen molar-refractivity contribution in [3.05, 3.63) is 59.7 Å². The summed E-state index contributed by atoms with van der Waals surface area (Å²) < 4.78 is 2.34. The maximum Gasteiger partial charge on any atom is 0.244 e. The summed E-state index contributed by atoms with van der Waals surface area (Å²) in [6.07, 6.45) is 2.23. The Balaban J connectivity index is 1.78. The molecule has 2 aromatic rings. The van der Waals surface area contributed by atoms with Gasteiger partial charge in [0, 0.05) is 0 Å². The Morgan fingerprint density at radius 3 is 1.68 bits per heavy atom. The van der Waals surface area contributed by atoms with E-state index in [2.05, 4.69) is 106 Å². The van der Waals surface area contributed by atoms with Crippen molar-refractivity contribution in [1.29, 1.82) is 0 Å². The minimum atomic E-state index is 0.202. The van der Waals surface area contributed by atoms with Crippen molar-refractivity contribution in [3.8, 4) is 0 Å². The maximum absolute atomic E-state index is 2.34. The average Bonchev–Trinajstić information content (AvgIpc) is 3.03. The highest BCUT2D eigenvalue weighted by molar-refractivity contribution is 5.78. The van der Waals surface area contributed by atoms with Crippen molar-refractivity contribution in [2.45, 2.75) is 52.4 Å². The molecule has 2 heteroatoms. The van der Waals surface area contributed by atoms with Crippen LogP contribution in [0.1, 0.15) is 52.7 Å². The van der Waals surface area contributed by atoms with E-state index in [1.165, 1.54) is 22.5 Å². The monoisotopic (exact) mass is 335 g/mol. The summed E-state index contributed by atoms with van der Waals surface area (Å²) in [6.45, 7) is 15.6. The van der Waals surface area contributed by atoms with Crippen LogP contribution in [0, 0.1) is 0 Å². The third-order valence-corrected chi connectivity index (χ3v) is 4.99. The van der Waals surface area contributed by atoms with E-state index in [1.54, 1.807) is 0 Å². The Kier molecular flexibility index (Phi) is 4.49. The van der Waals surface area contributed by atoms with Crippen molar-refractivity contribution in [2.75, 3.05) is 18.0 Å². The van der Waals surface area contributed by atoms with Gasteiger partial charge in [-0.3, -0.25) is 0 Å². The smallest absolute Gasteiger partial charge is 0.230 e. The molecule has 0 unspecified atom stereocenters. The van der Waals surface area contributed by atoms with Crippen molar-refractivity contribution >= 4 is 17.7 Å². The first-order valence-electron chi connectivity index (χ1n) is 9.24. The Hall–Kier alpha value is -2.09. The number of benzene rings is 2. The zero-order chi connectivity index (χ0) is 18.2. The largest absolute Gasteiger partial charge is 0.244 e. The minimum Gasteiger partial charge on any atom is -0.230 e. The van der Waals surface area contributed by atoms with E-state index in [9.17, 15) is 0 Å². The summed E-state index contributed by atoms with van der Waals surface area (Å²) in [4.78, 5) is 2.34. The average molecular weight is 336 g/mol. The molecule has 0 radical (unpaired) electrons. The molecule has 3 rings (SSSR count). The van der Waals surface area contributed by atoms with Crippen LogP contribution >= 0.6 is 0 Å². The Morgan fingerprint density at radius 1 is 0.720 bits per heavy atom. The summed E-state index contributed by atoms with van der Waals surface area (Å²) in [5.41, 5.74) is 5.70. The van der Waals surface area contributed by atoms with E-state index in [1.807, 2.05) is 0 Å². The van der Waals surface area contributed by atoms with Gasteiger partial charge < -0.3 is 0 Å². The van der Waals surface area contributed by atoms with E-state index >= 15 is 0 Å². The van der Waals surface area contributed by atoms with Crippen LogP contribution in [0.4, 0.5) is 11.4 Å². The summed E-state index contributed by atoms with van der Waals surface area (Å²) in [6, 6.07) is 18.0. The molecule has 0 saturated carbocycles. The zero-order valence-electron chi connectivity index (χ0n) is 16.5. The van der Waals surface area contributed by atoms with Crippen LogP contribution in [0.25, 0.3) is 0 Å². The molecular weight excluding hydrogens is 304 g/mol. The number of hydrogen-bond donors (Lipinski definition) is 0. The maximum atomic E-state index is 2.34. The van der Waals surface area contributed by atoms with Gasteiger partial charge in [-0.25, -0.2) is 9.48 Å².